The zero-order chi connectivity index (χ0) is 22.0. The summed E-state index contributed by atoms with van der Waals surface area (Å²) in [4.78, 5) is 30.0. The van der Waals surface area contributed by atoms with Crippen LogP contribution >= 0.6 is 0 Å². The van der Waals surface area contributed by atoms with Crippen LogP contribution in [0.25, 0.3) is 22.3 Å². The van der Waals surface area contributed by atoms with Crippen molar-refractivity contribution in [2.45, 2.75) is 32.6 Å². The molecule has 3 aromatic rings. The first-order valence-electron chi connectivity index (χ1n) is 10.6. The number of rotatable bonds is 4. The molecule has 0 radical (unpaired) electrons. The predicted molar refractivity (Wildman–Crippen MR) is 114 cm³/mol. The molecule has 9 heteroatoms. The van der Waals surface area contributed by atoms with Gasteiger partial charge in [0.2, 0.25) is 6.79 Å². The van der Waals surface area contributed by atoms with Crippen molar-refractivity contribution in [1.82, 2.24) is 14.9 Å². The van der Waals surface area contributed by atoms with Gasteiger partial charge in [-0.2, -0.15) is 0 Å². The standard InChI is InChI=1S/C23H21N3O6/c1-2-24-4-3-11-12-6-18-19(32-10-31-18)7-16(12)25-20-14(11)8-26-17(20)5-13-15(22(26)28)9-30-23(29)21(13)27/h5-7,21,24,27H,2-4,8-10H2,1H3/t21-/m0/s1. The highest BCUT2D eigenvalue weighted by Crippen LogP contribution is 2.42. The molecular formula is C23H21N3O6. The molecular weight excluding hydrogens is 414 g/mol. The lowest BCUT2D eigenvalue weighted by Gasteiger charge is -2.21. The summed E-state index contributed by atoms with van der Waals surface area (Å²) in [5.41, 5.74) is 4.45. The van der Waals surface area contributed by atoms with Gasteiger partial charge < -0.3 is 29.2 Å². The molecule has 0 aliphatic carbocycles. The molecule has 1 atom stereocenters. The second-order valence-electron chi connectivity index (χ2n) is 8.11. The number of carbonyl (C=O) groups excluding carboxylic acids is 1. The van der Waals surface area contributed by atoms with Gasteiger partial charge in [0.15, 0.2) is 17.6 Å². The molecule has 0 bridgehead atoms. The number of fused-ring (bicyclic) bond motifs is 6. The fourth-order valence-corrected chi connectivity index (χ4v) is 4.77. The number of likely N-dealkylation sites (N-methyl/N-ethyl adjacent to an activating group) is 1. The second kappa shape index (κ2) is 7.04. The molecule has 0 spiro atoms. The van der Waals surface area contributed by atoms with E-state index in [-0.39, 0.29) is 19.0 Å². The van der Waals surface area contributed by atoms with Crippen molar-refractivity contribution in [2.24, 2.45) is 0 Å². The zero-order valence-electron chi connectivity index (χ0n) is 17.4. The molecule has 2 N–H and O–H groups in total. The minimum atomic E-state index is -1.47. The van der Waals surface area contributed by atoms with Gasteiger partial charge in [-0.05, 0) is 37.2 Å². The normalized spacial score (nSPS) is 17.8. The van der Waals surface area contributed by atoms with Gasteiger partial charge in [0.05, 0.1) is 29.0 Å². The molecule has 0 saturated carbocycles. The van der Waals surface area contributed by atoms with E-state index in [4.69, 9.17) is 19.2 Å². The highest BCUT2D eigenvalue weighted by atomic mass is 16.7. The van der Waals surface area contributed by atoms with E-state index >= 15 is 0 Å². The SMILES string of the molecule is CCNCCc1c2c(nc3cc4c(cc13)OCO4)-c1cc3c(c(=O)n1C2)COC(=O)[C@H]3O. The van der Waals surface area contributed by atoms with Crippen LogP contribution in [0.1, 0.15) is 35.3 Å². The van der Waals surface area contributed by atoms with Crippen LogP contribution in [0.15, 0.2) is 23.0 Å². The molecule has 6 rings (SSSR count). The average molecular weight is 435 g/mol. The maximum absolute atomic E-state index is 13.2. The van der Waals surface area contributed by atoms with Gasteiger partial charge in [0, 0.05) is 22.6 Å². The van der Waals surface area contributed by atoms with Crippen LogP contribution in [-0.2, 0) is 29.1 Å². The number of hydrogen-bond acceptors (Lipinski definition) is 8. The summed E-state index contributed by atoms with van der Waals surface area (Å²) in [7, 11) is 0. The number of esters is 1. The smallest absolute Gasteiger partial charge is 0.340 e. The van der Waals surface area contributed by atoms with Crippen molar-refractivity contribution in [3.05, 3.63) is 50.8 Å². The first kappa shape index (κ1) is 19.3. The van der Waals surface area contributed by atoms with Gasteiger partial charge in [0.25, 0.3) is 5.56 Å². The van der Waals surface area contributed by atoms with E-state index in [0.717, 1.165) is 41.5 Å². The van der Waals surface area contributed by atoms with E-state index in [2.05, 4.69) is 12.2 Å². The number of ether oxygens (including phenoxy) is 3. The van der Waals surface area contributed by atoms with Gasteiger partial charge in [-0.15, -0.1) is 0 Å². The highest BCUT2D eigenvalue weighted by Gasteiger charge is 2.34. The number of benzene rings is 1. The molecule has 9 nitrogen and oxygen atoms in total. The van der Waals surface area contributed by atoms with E-state index in [1.54, 1.807) is 10.6 Å². The minimum Gasteiger partial charge on any atom is -0.458 e. The maximum atomic E-state index is 13.2. The molecule has 0 fully saturated rings. The third kappa shape index (κ3) is 2.68. The Morgan fingerprint density at radius 2 is 1.97 bits per heavy atom. The summed E-state index contributed by atoms with van der Waals surface area (Å²) < 4.78 is 17.8. The lowest BCUT2D eigenvalue weighted by Crippen LogP contribution is -2.32. The van der Waals surface area contributed by atoms with Crippen molar-refractivity contribution in [2.75, 3.05) is 19.9 Å². The average Bonchev–Trinajstić information content (AvgIpc) is 3.39. The van der Waals surface area contributed by atoms with Crippen LogP contribution in [0.4, 0.5) is 0 Å². The lowest BCUT2D eigenvalue weighted by atomic mass is 9.96. The van der Waals surface area contributed by atoms with Crippen LogP contribution in [0, 0.1) is 0 Å². The molecule has 5 heterocycles. The third-order valence-electron chi connectivity index (χ3n) is 6.37. The number of nitrogens with zero attached hydrogens (tertiary/aromatic N) is 2. The number of pyridine rings is 2. The number of aromatic nitrogens is 2. The summed E-state index contributed by atoms with van der Waals surface area (Å²) in [6, 6.07) is 5.52. The Kier molecular flexibility index (Phi) is 4.24. The van der Waals surface area contributed by atoms with Crippen molar-refractivity contribution >= 4 is 16.9 Å². The second-order valence-corrected chi connectivity index (χ2v) is 8.11. The van der Waals surface area contributed by atoms with E-state index < -0.39 is 12.1 Å². The van der Waals surface area contributed by atoms with Gasteiger partial charge in [-0.25, -0.2) is 9.78 Å². The van der Waals surface area contributed by atoms with Crippen molar-refractivity contribution < 1.29 is 24.1 Å². The highest BCUT2D eigenvalue weighted by molar-refractivity contribution is 5.91. The molecule has 0 unspecified atom stereocenters. The molecule has 32 heavy (non-hydrogen) atoms. The Hall–Kier alpha value is -3.43. The number of cyclic esters (lactones) is 1. The Morgan fingerprint density at radius 1 is 1.16 bits per heavy atom. The Morgan fingerprint density at radius 3 is 2.78 bits per heavy atom. The van der Waals surface area contributed by atoms with Crippen LogP contribution < -0.4 is 20.3 Å². The summed E-state index contributed by atoms with van der Waals surface area (Å²) in [6.07, 6.45) is -0.717. The van der Waals surface area contributed by atoms with Gasteiger partial charge >= 0.3 is 5.97 Å². The summed E-state index contributed by atoms with van der Waals surface area (Å²) in [6.45, 7) is 4.11. The number of aliphatic hydroxyl groups excluding tert-OH is 1. The fourth-order valence-electron chi connectivity index (χ4n) is 4.77. The molecule has 2 aromatic heterocycles. The van der Waals surface area contributed by atoms with Gasteiger partial charge in [0.1, 0.15) is 6.61 Å². The summed E-state index contributed by atoms with van der Waals surface area (Å²) in [5, 5.41) is 14.7. The van der Waals surface area contributed by atoms with Crippen molar-refractivity contribution in [3.8, 4) is 22.9 Å². The first-order valence-corrected chi connectivity index (χ1v) is 10.6. The van der Waals surface area contributed by atoms with Crippen LogP contribution in [0.2, 0.25) is 0 Å². The quantitative estimate of drug-likeness (QED) is 0.366. The summed E-state index contributed by atoms with van der Waals surface area (Å²) in [5.74, 6) is 0.582. The van der Waals surface area contributed by atoms with Crippen molar-refractivity contribution in [1.29, 1.82) is 0 Å². The Bertz CT molecular complexity index is 1360. The van der Waals surface area contributed by atoms with E-state index in [0.29, 0.717) is 40.6 Å². The number of hydrogen-bond donors (Lipinski definition) is 2. The maximum Gasteiger partial charge on any atom is 0.340 e. The van der Waals surface area contributed by atoms with Crippen LogP contribution in [0.3, 0.4) is 0 Å². The zero-order valence-corrected chi connectivity index (χ0v) is 17.4. The van der Waals surface area contributed by atoms with E-state index in [1.807, 2.05) is 12.1 Å². The fraction of sp³-hybridized carbons (Fsp3) is 0.348. The largest absolute Gasteiger partial charge is 0.458 e. The van der Waals surface area contributed by atoms with Crippen molar-refractivity contribution in [3.63, 3.8) is 0 Å². The van der Waals surface area contributed by atoms with E-state index in [1.165, 1.54) is 0 Å². The molecule has 3 aliphatic heterocycles. The van der Waals surface area contributed by atoms with Crippen LogP contribution in [-0.4, -0.2) is 40.5 Å². The van der Waals surface area contributed by atoms with Crippen LogP contribution in [0.5, 0.6) is 11.5 Å². The lowest BCUT2D eigenvalue weighted by molar-refractivity contribution is -0.157. The number of carbonyl (C=O) groups is 1. The topological polar surface area (TPSA) is 112 Å². The molecule has 0 amide bonds. The van der Waals surface area contributed by atoms with Gasteiger partial charge in [-0.3, -0.25) is 4.79 Å². The third-order valence-corrected chi connectivity index (χ3v) is 6.37. The van der Waals surface area contributed by atoms with Gasteiger partial charge in [-0.1, -0.05) is 6.92 Å². The first-order chi connectivity index (χ1) is 15.6. The number of nitrogens with one attached hydrogen (secondary N) is 1. The molecule has 1 aromatic carbocycles. The predicted octanol–water partition coefficient (Wildman–Crippen LogP) is 1.40. The monoisotopic (exact) mass is 435 g/mol. The van der Waals surface area contributed by atoms with E-state index in [9.17, 15) is 14.7 Å². The summed E-state index contributed by atoms with van der Waals surface area (Å²) >= 11 is 0. The Labute approximate surface area is 182 Å². The Balaban J connectivity index is 1.59. The number of aliphatic hydroxyl groups is 1. The molecule has 3 aliphatic rings. The molecule has 164 valence electrons. The minimum absolute atomic E-state index is 0.134. The molecule has 0 saturated heterocycles.